The number of amidine groups is 1. The van der Waals surface area contributed by atoms with E-state index in [0.29, 0.717) is 11.7 Å². The molecule has 0 amide bonds. The predicted octanol–water partition coefficient (Wildman–Crippen LogP) is 0.809. The number of fused-ring (bicyclic) bond motifs is 1. The summed E-state index contributed by atoms with van der Waals surface area (Å²) >= 11 is 1.18. The van der Waals surface area contributed by atoms with Crippen LogP contribution in [0.5, 0.6) is 0 Å². The summed E-state index contributed by atoms with van der Waals surface area (Å²) in [5.41, 5.74) is -0.690. The quantitative estimate of drug-likeness (QED) is 0.790. The summed E-state index contributed by atoms with van der Waals surface area (Å²) in [5, 5.41) is 20.3. The van der Waals surface area contributed by atoms with Gasteiger partial charge >= 0.3 is 6.18 Å². The normalized spacial score (nSPS) is 37.5. The Kier molecular flexibility index (Phi) is 4.53. The fourth-order valence-electron chi connectivity index (χ4n) is 2.13. The van der Waals surface area contributed by atoms with Gasteiger partial charge in [0.2, 0.25) is 0 Å². The van der Waals surface area contributed by atoms with Gasteiger partial charge in [-0.3, -0.25) is 4.99 Å². The molecule has 0 aliphatic carbocycles. The second-order valence-electron chi connectivity index (χ2n) is 4.88. The average molecular weight is 314 g/mol. The molecule has 0 radical (unpaired) electrons. The predicted molar refractivity (Wildman–Crippen MR) is 68.5 cm³/mol. The third-order valence-corrected chi connectivity index (χ3v) is 4.63. The van der Waals surface area contributed by atoms with E-state index in [1.807, 2.05) is 11.8 Å². The highest BCUT2D eigenvalue weighted by molar-refractivity contribution is 8.14. The summed E-state index contributed by atoms with van der Waals surface area (Å²) in [7, 11) is 1.79. The molecule has 0 aromatic rings. The Hall–Kier alpha value is -0.510. The number of ether oxygens (including phenoxy) is 1. The van der Waals surface area contributed by atoms with Crippen LogP contribution in [-0.2, 0) is 4.74 Å². The zero-order valence-electron chi connectivity index (χ0n) is 11.0. The van der Waals surface area contributed by atoms with E-state index >= 15 is 0 Å². The molecule has 0 bridgehead atoms. The largest absolute Gasteiger partial charge is 0.391 e. The van der Waals surface area contributed by atoms with Gasteiger partial charge in [-0.2, -0.15) is 13.2 Å². The Morgan fingerprint density at radius 3 is 2.55 bits per heavy atom. The average Bonchev–Trinajstić information content (AvgIpc) is 2.77. The maximum Gasteiger partial charge on any atom is 0.391 e. The van der Waals surface area contributed by atoms with Crippen molar-refractivity contribution in [2.24, 2.45) is 4.99 Å². The summed E-state index contributed by atoms with van der Waals surface area (Å²) in [6.45, 7) is 2.58. The smallest absolute Gasteiger partial charge is 0.388 e. The molecule has 20 heavy (non-hydrogen) atoms. The molecule has 2 rings (SSSR count). The van der Waals surface area contributed by atoms with Crippen LogP contribution in [0.4, 0.5) is 13.2 Å². The highest BCUT2D eigenvalue weighted by Gasteiger charge is 2.51. The molecule has 1 saturated heterocycles. The minimum absolute atomic E-state index is 0.599. The van der Waals surface area contributed by atoms with Gasteiger partial charge in [0.05, 0.1) is 12.5 Å². The van der Waals surface area contributed by atoms with Crippen molar-refractivity contribution in [2.45, 2.75) is 49.3 Å². The van der Waals surface area contributed by atoms with Gasteiger partial charge in [0.15, 0.2) is 5.17 Å². The molecule has 2 aliphatic rings. The van der Waals surface area contributed by atoms with Crippen molar-refractivity contribution in [3.05, 3.63) is 0 Å². The summed E-state index contributed by atoms with van der Waals surface area (Å²) in [6.07, 6.45) is -10.1. The van der Waals surface area contributed by atoms with Crippen LogP contribution in [-0.4, -0.2) is 69.8 Å². The monoisotopic (exact) mass is 314 g/mol. The lowest BCUT2D eigenvalue weighted by molar-refractivity contribution is -0.209. The van der Waals surface area contributed by atoms with Gasteiger partial charge in [0.25, 0.3) is 0 Å². The number of halogens is 3. The van der Waals surface area contributed by atoms with Crippen LogP contribution in [0, 0.1) is 0 Å². The third kappa shape index (κ3) is 3.21. The molecular weight excluding hydrogens is 297 g/mol. The Bertz CT molecular complexity index is 394. The lowest BCUT2D eigenvalue weighted by Gasteiger charge is -2.38. The van der Waals surface area contributed by atoms with E-state index in [4.69, 9.17) is 4.74 Å². The first-order valence-corrected chi connectivity index (χ1v) is 7.15. The van der Waals surface area contributed by atoms with Crippen LogP contribution in [0.25, 0.3) is 0 Å². The molecule has 2 aliphatic heterocycles. The number of aliphatic imine (C=N–C) groups is 1. The van der Waals surface area contributed by atoms with E-state index < -0.39 is 42.4 Å². The molecule has 0 spiro atoms. The van der Waals surface area contributed by atoms with E-state index in [1.165, 1.54) is 11.8 Å². The van der Waals surface area contributed by atoms with Crippen molar-refractivity contribution < 1.29 is 28.1 Å². The van der Waals surface area contributed by atoms with E-state index in [2.05, 4.69) is 4.99 Å². The highest BCUT2D eigenvalue weighted by Crippen LogP contribution is 2.39. The number of rotatable bonds is 2. The minimum Gasteiger partial charge on any atom is -0.388 e. The van der Waals surface area contributed by atoms with Crippen molar-refractivity contribution in [3.63, 3.8) is 0 Å². The lowest BCUT2D eigenvalue weighted by Crippen LogP contribution is -2.55. The van der Waals surface area contributed by atoms with Gasteiger partial charge in [-0.05, 0) is 6.92 Å². The van der Waals surface area contributed by atoms with Crippen LogP contribution in [0.15, 0.2) is 4.99 Å². The summed E-state index contributed by atoms with van der Waals surface area (Å²) in [5.74, 6) is 0. The van der Waals surface area contributed by atoms with Crippen LogP contribution in [0.2, 0.25) is 0 Å². The minimum atomic E-state index is -4.45. The summed E-state index contributed by atoms with van der Waals surface area (Å²) < 4.78 is 42.6. The maximum absolute atomic E-state index is 12.4. The first-order chi connectivity index (χ1) is 9.23. The second-order valence-corrected chi connectivity index (χ2v) is 5.94. The number of nitrogens with zero attached hydrogens (tertiary/aromatic N) is 2. The third-order valence-electron chi connectivity index (χ3n) is 3.38. The first kappa shape index (κ1) is 15.9. The first-order valence-electron chi connectivity index (χ1n) is 6.27. The van der Waals surface area contributed by atoms with Crippen LogP contribution >= 0.6 is 11.8 Å². The summed E-state index contributed by atoms with van der Waals surface area (Å²) in [6, 6.07) is -0.733. The number of hydrogen-bond acceptors (Lipinski definition) is 6. The van der Waals surface area contributed by atoms with Crippen molar-refractivity contribution in [1.82, 2.24) is 4.90 Å². The Balaban J connectivity index is 2.09. The van der Waals surface area contributed by atoms with Crippen LogP contribution in [0.3, 0.4) is 0 Å². The number of aliphatic hydroxyl groups excluding tert-OH is 2. The standard InChI is InChI=1S/C11H17F3N2O3S/c1-3-16(2)10-15-6-8(18)7(17)5(4-11(12,13)14)19-9(6)20-10/h5-9,17-18H,3-4H2,1-2H3/t5-,6-,7-,8-,9-/m1/s1. The Labute approximate surface area is 118 Å². The van der Waals surface area contributed by atoms with Crippen LogP contribution < -0.4 is 0 Å². The van der Waals surface area contributed by atoms with Crippen LogP contribution in [0.1, 0.15) is 13.3 Å². The van der Waals surface area contributed by atoms with E-state index in [1.54, 1.807) is 7.05 Å². The Morgan fingerprint density at radius 1 is 1.35 bits per heavy atom. The molecule has 1 fully saturated rings. The molecule has 0 saturated carbocycles. The molecule has 5 nitrogen and oxygen atoms in total. The fraction of sp³-hybridized carbons (Fsp3) is 0.909. The fourth-order valence-corrected chi connectivity index (χ4v) is 3.39. The van der Waals surface area contributed by atoms with Gasteiger partial charge in [-0.1, -0.05) is 11.8 Å². The maximum atomic E-state index is 12.4. The Morgan fingerprint density at radius 2 is 2.00 bits per heavy atom. The van der Waals surface area contributed by atoms with E-state index in [0.717, 1.165) is 0 Å². The van der Waals surface area contributed by atoms with Gasteiger partial charge in [0, 0.05) is 13.6 Å². The highest BCUT2D eigenvalue weighted by atomic mass is 32.2. The molecule has 2 N–H and O–H groups in total. The van der Waals surface area contributed by atoms with Gasteiger partial charge in [0.1, 0.15) is 23.7 Å². The molecule has 2 heterocycles. The second kappa shape index (κ2) is 5.70. The zero-order chi connectivity index (χ0) is 15.1. The van der Waals surface area contributed by atoms with Gasteiger partial charge in [-0.25, -0.2) is 0 Å². The molecule has 0 aromatic heterocycles. The molecule has 0 aromatic carbocycles. The SMILES string of the molecule is CCN(C)C1=N[C@@H]2[C@@H](O)[C@H](O)[C@@H](CC(F)(F)F)O[C@@H]2S1. The number of aliphatic hydroxyl groups is 2. The van der Waals surface area contributed by atoms with Crippen molar-refractivity contribution in [1.29, 1.82) is 0 Å². The molecule has 5 atom stereocenters. The van der Waals surface area contributed by atoms with Crippen molar-refractivity contribution in [3.8, 4) is 0 Å². The summed E-state index contributed by atoms with van der Waals surface area (Å²) in [4.78, 5) is 6.04. The van der Waals surface area contributed by atoms with Crippen molar-refractivity contribution >= 4 is 16.9 Å². The number of alkyl halides is 3. The van der Waals surface area contributed by atoms with E-state index in [-0.39, 0.29) is 0 Å². The number of hydrogen-bond donors (Lipinski definition) is 2. The van der Waals surface area contributed by atoms with Gasteiger partial charge in [-0.15, -0.1) is 0 Å². The lowest BCUT2D eigenvalue weighted by atomic mass is 9.96. The molecule has 9 heteroatoms. The zero-order valence-corrected chi connectivity index (χ0v) is 11.9. The van der Waals surface area contributed by atoms with Crippen molar-refractivity contribution in [2.75, 3.05) is 13.6 Å². The molecular formula is C11H17F3N2O3S. The van der Waals surface area contributed by atoms with E-state index in [9.17, 15) is 23.4 Å². The number of thioether (sulfide) groups is 1. The molecule has 116 valence electrons. The topological polar surface area (TPSA) is 65.3 Å². The molecule has 0 unspecified atom stereocenters. The van der Waals surface area contributed by atoms with Gasteiger partial charge < -0.3 is 19.8 Å².